The maximum Gasteiger partial charge on any atom is 0.311 e. The normalized spacial score (nSPS) is 12.9. The third-order valence-electron chi connectivity index (χ3n) is 2.69. The Balaban J connectivity index is 3.67. The topological polar surface area (TPSA) is 115 Å². The molecular weight excluding hydrogens is 274 g/mol. The van der Waals surface area contributed by atoms with Crippen molar-refractivity contribution in [2.75, 3.05) is 6.26 Å². The second kappa shape index (κ2) is 5.35. The number of carbonyl (C=O) groups is 1. The van der Waals surface area contributed by atoms with Gasteiger partial charge < -0.3 is 5.11 Å². The fraction of sp³-hybridized carbons (Fsp3) is 0.364. The summed E-state index contributed by atoms with van der Waals surface area (Å²) in [5, 5.41) is 20.1. The van der Waals surface area contributed by atoms with E-state index >= 15 is 0 Å². The van der Waals surface area contributed by atoms with Crippen LogP contribution in [0.5, 0.6) is 0 Å². The van der Waals surface area contributed by atoms with E-state index in [4.69, 9.17) is 5.11 Å². The molecule has 0 aliphatic carbocycles. The van der Waals surface area contributed by atoms with Crippen molar-refractivity contribution in [3.05, 3.63) is 33.9 Å². The van der Waals surface area contributed by atoms with Crippen LogP contribution in [0.15, 0.2) is 23.1 Å². The molecule has 19 heavy (non-hydrogen) atoms. The third-order valence-corrected chi connectivity index (χ3v) is 3.82. The molecule has 7 nitrogen and oxygen atoms in total. The molecule has 8 heteroatoms. The number of hydrogen-bond donors (Lipinski definition) is 1. The van der Waals surface area contributed by atoms with Gasteiger partial charge in [0.1, 0.15) is 4.90 Å². The number of sulfone groups is 1. The van der Waals surface area contributed by atoms with Gasteiger partial charge in [-0.3, -0.25) is 14.9 Å². The van der Waals surface area contributed by atoms with Crippen LogP contribution in [0.25, 0.3) is 0 Å². The van der Waals surface area contributed by atoms with E-state index in [1.807, 2.05) is 0 Å². The van der Waals surface area contributed by atoms with E-state index in [9.17, 15) is 23.3 Å². The predicted octanol–water partition coefficient (Wildman–Crippen LogP) is 1.58. The summed E-state index contributed by atoms with van der Waals surface area (Å²) in [4.78, 5) is 20.9. The van der Waals surface area contributed by atoms with Crippen LogP contribution in [0.2, 0.25) is 0 Å². The van der Waals surface area contributed by atoms with E-state index in [0.29, 0.717) is 0 Å². The maximum absolute atomic E-state index is 11.5. The third kappa shape index (κ3) is 3.08. The Bertz CT molecular complexity index is 622. The Morgan fingerprint density at radius 2 is 2.05 bits per heavy atom. The van der Waals surface area contributed by atoms with E-state index in [0.717, 1.165) is 12.3 Å². The molecule has 1 aromatic rings. The summed E-state index contributed by atoms with van der Waals surface area (Å²) in [5.74, 6) is -2.33. The van der Waals surface area contributed by atoms with Gasteiger partial charge in [-0.2, -0.15) is 0 Å². The molecule has 0 radical (unpaired) electrons. The molecule has 0 aliphatic heterocycles. The molecule has 0 aliphatic rings. The highest BCUT2D eigenvalue weighted by atomic mass is 32.2. The van der Waals surface area contributed by atoms with Crippen molar-refractivity contribution in [1.29, 1.82) is 0 Å². The summed E-state index contributed by atoms with van der Waals surface area (Å²) in [7, 11) is -3.80. The van der Waals surface area contributed by atoms with Gasteiger partial charge in [-0.25, -0.2) is 8.42 Å². The minimum absolute atomic E-state index is 0.0945. The van der Waals surface area contributed by atoms with E-state index < -0.39 is 37.2 Å². The number of aliphatic carboxylic acids is 1. The highest BCUT2D eigenvalue weighted by Gasteiger charge is 2.32. The fourth-order valence-electron chi connectivity index (χ4n) is 1.84. The standard InChI is InChI=1S/C11H13NO6S/c1-3-7(11(13)14)8-5-4-6-9(19(2,17)18)10(8)12(15)16/h4-7H,3H2,1-2H3,(H,13,14). The van der Waals surface area contributed by atoms with E-state index in [1.54, 1.807) is 6.92 Å². The van der Waals surface area contributed by atoms with Crippen molar-refractivity contribution in [3.8, 4) is 0 Å². The van der Waals surface area contributed by atoms with Gasteiger partial charge >= 0.3 is 5.97 Å². The molecular formula is C11H13NO6S. The molecule has 1 aromatic carbocycles. The van der Waals surface area contributed by atoms with Crippen molar-refractivity contribution in [3.63, 3.8) is 0 Å². The van der Waals surface area contributed by atoms with E-state index in [2.05, 4.69) is 0 Å². The zero-order chi connectivity index (χ0) is 14.8. The summed E-state index contributed by atoms with van der Waals surface area (Å²) in [6.07, 6.45) is 0.976. The molecule has 0 saturated heterocycles. The average Bonchev–Trinajstić information content (AvgIpc) is 2.27. The Hall–Kier alpha value is -1.96. The van der Waals surface area contributed by atoms with Crippen molar-refractivity contribution < 1.29 is 23.2 Å². The summed E-state index contributed by atoms with van der Waals surface area (Å²) in [6, 6.07) is 3.69. The lowest BCUT2D eigenvalue weighted by Gasteiger charge is -2.12. The number of benzene rings is 1. The monoisotopic (exact) mass is 287 g/mol. The van der Waals surface area contributed by atoms with Crippen LogP contribution in [-0.4, -0.2) is 30.7 Å². The molecule has 1 atom stereocenters. The molecule has 104 valence electrons. The minimum Gasteiger partial charge on any atom is -0.481 e. The number of nitro groups is 1. The summed E-state index contributed by atoms with van der Waals surface area (Å²) in [5.41, 5.74) is -0.748. The van der Waals surface area contributed by atoms with Crippen LogP contribution in [0.4, 0.5) is 5.69 Å². The second-order valence-corrected chi connectivity index (χ2v) is 6.01. The SMILES string of the molecule is CCC(C(=O)O)c1cccc(S(C)(=O)=O)c1[N+](=O)[O-]. The lowest BCUT2D eigenvalue weighted by Crippen LogP contribution is -2.14. The Morgan fingerprint density at radius 1 is 1.47 bits per heavy atom. The number of rotatable bonds is 5. The quantitative estimate of drug-likeness (QED) is 0.649. The molecule has 1 N–H and O–H groups in total. The van der Waals surface area contributed by atoms with Crippen LogP contribution < -0.4 is 0 Å². The smallest absolute Gasteiger partial charge is 0.311 e. The van der Waals surface area contributed by atoms with Gasteiger partial charge in [0.2, 0.25) is 0 Å². The highest BCUT2D eigenvalue weighted by Crippen LogP contribution is 2.34. The number of hydrogen-bond acceptors (Lipinski definition) is 5. The van der Waals surface area contributed by atoms with Crippen LogP contribution in [0, 0.1) is 10.1 Å². The summed E-state index contributed by atoms with van der Waals surface area (Å²) in [6.45, 7) is 1.57. The Labute approximate surface area is 109 Å². The number of para-hydroxylation sites is 1. The predicted molar refractivity (Wildman–Crippen MR) is 66.9 cm³/mol. The lowest BCUT2D eigenvalue weighted by molar-refractivity contribution is -0.388. The van der Waals surface area contributed by atoms with Crippen molar-refractivity contribution >= 4 is 21.5 Å². The molecule has 0 amide bonds. The van der Waals surface area contributed by atoms with Crippen LogP contribution in [-0.2, 0) is 14.6 Å². The molecule has 0 spiro atoms. The van der Waals surface area contributed by atoms with Gasteiger partial charge in [0.05, 0.1) is 10.8 Å². The molecule has 1 unspecified atom stereocenters. The summed E-state index contributed by atoms with van der Waals surface area (Å²) >= 11 is 0. The first-order valence-corrected chi connectivity index (χ1v) is 7.29. The fourth-order valence-corrected chi connectivity index (χ4v) is 2.71. The van der Waals surface area contributed by atoms with Crippen molar-refractivity contribution in [2.45, 2.75) is 24.2 Å². The van der Waals surface area contributed by atoms with Gasteiger partial charge in [0, 0.05) is 11.8 Å². The van der Waals surface area contributed by atoms with Crippen molar-refractivity contribution in [1.82, 2.24) is 0 Å². The first kappa shape index (κ1) is 15.1. The Morgan fingerprint density at radius 3 is 2.42 bits per heavy atom. The minimum atomic E-state index is -3.80. The average molecular weight is 287 g/mol. The van der Waals surface area contributed by atoms with Crippen molar-refractivity contribution in [2.24, 2.45) is 0 Å². The molecule has 0 bridgehead atoms. The van der Waals surface area contributed by atoms with E-state index in [1.165, 1.54) is 12.1 Å². The first-order valence-electron chi connectivity index (χ1n) is 5.40. The van der Waals surface area contributed by atoms with Crippen LogP contribution >= 0.6 is 0 Å². The van der Waals surface area contributed by atoms with Gasteiger partial charge in [0.25, 0.3) is 5.69 Å². The zero-order valence-corrected chi connectivity index (χ0v) is 11.2. The number of nitrogens with zero attached hydrogens (tertiary/aromatic N) is 1. The first-order chi connectivity index (χ1) is 8.70. The molecule has 0 aromatic heterocycles. The van der Waals surface area contributed by atoms with Crippen LogP contribution in [0.3, 0.4) is 0 Å². The van der Waals surface area contributed by atoms with Gasteiger partial charge in [-0.05, 0) is 12.5 Å². The lowest BCUT2D eigenvalue weighted by atomic mass is 9.95. The van der Waals surface area contributed by atoms with E-state index in [-0.39, 0.29) is 12.0 Å². The van der Waals surface area contributed by atoms with Gasteiger partial charge in [-0.15, -0.1) is 0 Å². The van der Waals surface area contributed by atoms with Gasteiger partial charge in [0.15, 0.2) is 9.84 Å². The maximum atomic E-state index is 11.5. The molecule has 0 heterocycles. The molecule has 1 rings (SSSR count). The second-order valence-electron chi connectivity index (χ2n) is 4.02. The zero-order valence-electron chi connectivity index (χ0n) is 10.4. The molecule has 0 saturated carbocycles. The number of carboxylic acid groups (broad SMARTS) is 1. The highest BCUT2D eigenvalue weighted by molar-refractivity contribution is 7.90. The largest absolute Gasteiger partial charge is 0.481 e. The van der Waals surface area contributed by atoms with Crippen LogP contribution in [0.1, 0.15) is 24.8 Å². The molecule has 0 fully saturated rings. The van der Waals surface area contributed by atoms with Gasteiger partial charge in [-0.1, -0.05) is 19.1 Å². The number of nitro benzene ring substituents is 1. The Kier molecular flexibility index (Phi) is 4.25. The number of carboxylic acids is 1. The summed E-state index contributed by atoms with van der Waals surface area (Å²) < 4.78 is 23.1.